The van der Waals surface area contributed by atoms with Crippen LogP contribution >= 0.6 is 39.3 Å². The maximum atomic E-state index is 11.7. The van der Waals surface area contributed by atoms with Gasteiger partial charge in [0.15, 0.2) is 0 Å². The molecule has 0 aromatic heterocycles. The van der Waals surface area contributed by atoms with Crippen molar-refractivity contribution in [2.75, 3.05) is 18.6 Å². The molecule has 1 N–H and O–H groups in total. The van der Waals surface area contributed by atoms with E-state index in [4.69, 9.17) is 11.6 Å². The minimum absolute atomic E-state index is 0.0570. The molecule has 0 unspecified atom stereocenters. The van der Waals surface area contributed by atoms with Gasteiger partial charge in [0, 0.05) is 16.6 Å². The highest BCUT2D eigenvalue weighted by molar-refractivity contribution is 9.10. The van der Waals surface area contributed by atoms with E-state index in [9.17, 15) is 4.79 Å². The standard InChI is InChI=1S/C11H13BrClNOS/c1-16-6-2-5-14-11(15)8-3-4-10(13)9(12)7-8/h3-4,7H,2,5-6H2,1H3,(H,14,15). The fraction of sp³-hybridized carbons (Fsp3) is 0.364. The number of rotatable bonds is 5. The molecule has 1 amide bonds. The maximum Gasteiger partial charge on any atom is 0.251 e. The molecule has 0 bridgehead atoms. The lowest BCUT2D eigenvalue weighted by Gasteiger charge is -2.05. The van der Waals surface area contributed by atoms with E-state index in [-0.39, 0.29) is 5.91 Å². The summed E-state index contributed by atoms with van der Waals surface area (Å²) in [6.07, 6.45) is 3.04. The number of amides is 1. The van der Waals surface area contributed by atoms with Crippen molar-refractivity contribution < 1.29 is 4.79 Å². The average molecular weight is 323 g/mol. The summed E-state index contributed by atoms with van der Waals surface area (Å²) in [5.74, 6) is 1.00. The Morgan fingerprint density at radius 2 is 2.31 bits per heavy atom. The number of nitrogens with one attached hydrogen (secondary N) is 1. The van der Waals surface area contributed by atoms with Gasteiger partial charge in [-0.2, -0.15) is 11.8 Å². The topological polar surface area (TPSA) is 29.1 Å². The van der Waals surface area contributed by atoms with E-state index in [0.717, 1.165) is 16.6 Å². The molecule has 1 aromatic carbocycles. The Hall–Kier alpha value is -0.190. The quantitative estimate of drug-likeness (QED) is 0.840. The van der Waals surface area contributed by atoms with Crippen LogP contribution in [-0.4, -0.2) is 24.5 Å². The number of hydrogen-bond donors (Lipinski definition) is 1. The first-order chi connectivity index (χ1) is 7.65. The lowest BCUT2D eigenvalue weighted by molar-refractivity contribution is 0.0954. The number of halogens is 2. The highest BCUT2D eigenvalue weighted by Gasteiger charge is 2.06. The first-order valence-electron chi connectivity index (χ1n) is 4.87. The van der Waals surface area contributed by atoms with E-state index in [1.54, 1.807) is 30.0 Å². The van der Waals surface area contributed by atoms with Crippen molar-refractivity contribution >= 4 is 45.2 Å². The van der Waals surface area contributed by atoms with Gasteiger partial charge in [-0.15, -0.1) is 0 Å². The van der Waals surface area contributed by atoms with Crippen LogP contribution < -0.4 is 5.32 Å². The molecule has 1 aromatic rings. The van der Waals surface area contributed by atoms with E-state index < -0.39 is 0 Å². The van der Waals surface area contributed by atoms with Gasteiger partial charge in [-0.05, 0) is 52.6 Å². The summed E-state index contributed by atoms with van der Waals surface area (Å²) in [7, 11) is 0. The Morgan fingerprint density at radius 3 is 2.94 bits per heavy atom. The number of benzene rings is 1. The Kier molecular flexibility index (Phi) is 6.24. The third kappa shape index (κ3) is 4.36. The molecule has 0 radical (unpaired) electrons. The van der Waals surface area contributed by atoms with Gasteiger partial charge in [-0.3, -0.25) is 4.79 Å². The van der Waals surface area contributed by atoms with Gasteiger partial charge in [0.05, 0.1) is 5.02 Å². The molecule has 88 valence electrons. The molecular formula is C11H13BrClNOS. The van der Waals surface area contributed by atoms with Crippen LogP contribution in [0.15, 0.2) is 22.7 Å². The summed E-state index contributed by atoms with van der Waals surface area (Å²) < 4.78 is 0.742. The number of carbonyl (C=O) groups excluding carboxylic acids is 1. The molecular weight excluding hydrogens is 310 g/mol. The molecule has 0 aliphatic heterocycles. The normalized spacial score (nSPS) is 10.2. The van der Waals surface area contributed by atoms with E-state index in [2.05, 4.69) is 27.5 Å². The summed E-state index contributed by atoms with van der Waals surface area (Å²) in [5.41, 5.74) is 0.625. The van der Waals surface area contributed by atoms with E-state index >= 15 is 0 Å². The van der Waals surface area contributed by atoms with Crippen molar-refractivity contribution in [2.24, 2.45) is 0 Å². The van der Waals surface area contributed by atoms with E-state index in [0.29, 0.717) is 17.1 Å². The molecule has 0 saturated heterocycles. The summed E-state index contributed by atoms with van der Waals surface area (Å²) >= 11 is 10.9. The zero-order valence-electron chi connectivity index (χ0n) is 8.93. The van der Waals surface area contributed by atoms with Crippen molar-refractivity contribution in [1.82, 2.24) is 5.32 Å². The second-order valence-electron chi connectivity index (χ2n) is 3.23. The Morgan fingerprint density at radius 1 is 1.56 bits per heavy atom. The van der Waals surface area contributed by atoms with Crippen molar-refractivity contribution in [1.29, 1.82) is 0 Å². The average Bonchev–Trinajstić information content (AvgIpc) is 2.28. The second-order valence-corrected chi connectivity index (χ2v) is 5.48. The highest BCUT2D eigenvalue weighted by atomic mass is 79.9. The fourth-order valence-corrected chi connectivity index (χ4v) is 2.09. The Bertz CT molecular complexity index is 373. The van der Waals surface area contributed by atoms with Crippen LogP contribution in [0.25, 0.3) is 0 Å². The van der Waals surface area contributed by atoms with Crippen LogP contribution in [0, 0.1) is 0 Å². The SMILES string of the molecule is CSCCCNC(=O)c1ccc(Cl)c(Br)c1. The largest absolute Gasteiger partial charge is 0.352 e. The first kappa shape index (κ1) is 13.9. The van der Waals surface area contributed by atoms with Crippen LogP contribution in [0.1, 0.15) is 16.8 Å². The predicted molar refractivity (Wildman–Crippen MR) is 74.5 cm³/mol. The van der Waals surface area contributed by atoms with Gasteiger partial charge in [0.25, 0.3) is 5.91 Å². The summed E-state index contributed by atoms with van der Waals surface area (Å²) in [6.45, 7) is 0.708. The molecule has 2 nitrogen and oxygen atoms in total. The van der Waals surface area contributed by atoms with Crippen LogP contribution in [0.4, 0.5) is 0 Å². The molecule has 0 spiro atoms. The third-order valence-corrected chi connectivity index (χ3v) is 3.90. The molecule has 0 atom stereocenters. The van der Waals surface area contributed by atoms with Crippen LogP contribution in [0.5, 0.6) is 0 Å². The number of carbonyl (C=O) groups is 1. The second kappa shape index (κ2) is 7.20. The van der Waals surface area contributed by atoms with Crippen LogP contribution in [0.2, 0.25) is 5.02 Å². The molecule has 0 aliphatic rings. The predicted octanol–water partition coefficient (Wildman–Crippen LogP) is 3.59. The summed E-state index contributed by atoms with van der Waals surface area (Å²) in [6, 6.07) is 5.16. The molecule has 0 saturated carbocycles. The van der Waals surface area contributed by atoms with Crippen LogP contribution in [-0.2, 0) is 0 Å². The summed E-state index contributed by atoms with van der Waals surface area (Å²) in [5, 5.41) is 3.47. The van der Waals surface area contributed by atoms with Crippen LogP contribution in [0.3, 0.4) is 0 Å². The molecule has 16 heavy (non-hydrogen) atoms. The van der Waals surface area contributed by atoms with Gasteiger partial charge in [0.1, 0.15) is 0 Å². The third-order valence-electron chi connectivity index (χ3n) is 1.99. The van der Waals surface area contributed by atoms with Gasteiger partial charge >= 0.3 is 0 Å². The van der Waals surface area contributed by atoms with Crippen molar-refractivity contribution in [3.05, 3.63) is 33.3 Å². The lowest BCUT2D eigenvalue weighted by atomic mass is 10.2. The molecule has 1 rings (SSSR count). The minimum Gasteiger partial charge on any atom is -0.352 e. The molecule has 0 aliphatic carbocycles. The number of hydrogen-bond acceptors (Lipinski definition) is 2. The van der Waals surface area contributed by atoms with E-state index in [1.165, 1.54) is 0 Å². The molecule has 0 fully saturated rings. The Balaban J connectivity index is 2.50. The number of thioether (sulfide) groups is 1. The monoisotopic (exact) mass is 321 g/mol. The summed E-state index contributed by atoms with van der Waals surface area (Å²) in [4.78, 5) is 11.7. The zero-order chi connectivity index (χ0) is 12.0. The molecule has 0 heterocycles. The van der Waals surface area contributed by atoms with E-state index in [1.807, 2.05) is 0 Å². The minimum atomic E-state index is -0.0570. The maximum absolute atomic E-state index is 11.7. The van der Waals surface area contributed by atoms with Crippen molar-refractivity contribution in [2.45, 2.75) is 6.42 Å². The molecule has 5 heteroatoms. The first-order valence-corrected chi connectivity index (χ1v) is 7.44. The zero-order valence-corrected chi connectivity index (χ0v) is 12.1. The van der Waals surface area contributed by atoms with Crippen molar-refractivity contribution in [3.63, 3.8) is 0 Å². The highest BCUT2D eigenvalue weighted by Crippen LogP contribution is 2.23. The fourth-order valence-electron chi connectivity index (χ4n) is 1.16. The van der Waals surface area contributed by atoms with Gasteiger partial charge in [-0.25, -0.2) is 0 Å². The van der Waals surface area contributed by atoms with Gasteiger partial charge in [-0.1, -0.05) is 11.6 Å². The lowest BCUT2D eigenvalue weighted by Crippen LogP contribution is -2.24. The Labute approximate surface area is 113 Å². The van der Waals surface area contributed by atoms with Gasteiger partial charge in [0.2, 0.25) is 0 Å². The van der Waals surface area contributed by atoms with Gasteiger partial charge < -0.3 is 5.32 Å². The smallest absolute Gasteiger partial charge is 0.251 e. The van der Waals surface area contributed by atoms with Crippen molar-refractivity contribution in [3.8, 4) is 0 Å².